The van der Waals surface area contributed by atoms with Crippen LogP contribution in [0.5, 0.6) is 17.2 Å². The van der Waals surface area contributed by atoms with E-state index < -0.39 is 35.8 Å². The summed E-state index contributed by atoms with van der Waals surface area (Å²) in [5, 5.41) is 5.04. The monoisotopic (exact) mass is 612 g/mol. The number of carbonyl (C=O) groups is 6. The van der Waals surface area contributed by atoms with Gasteiger partial charge in [-0.15, -0.1) is 0 Å². The summed E-state index contributed by atoms with van der Waals surface area (Å²) in [5.74, 6) is -5.90. The molecule has 0 amide bonds. The second-order valence-corrected chi connectivity index (χ2v) is 8.96. The Bertz CT molecular complexity index is 1890. The Labute approximate surface area is 254 Å². The van der Waals surface area contributed by atoms with Gasteiger partial charge in [0, 0.05) is 5.39 Å². The van der Waals surface area contributed by atoms with Crippen LogP contribution in [0.2, 0.25) is 0 Å². The number of methoxy groups -OCH3 is 3. The fourth-order valence-corrected chi connectivity index (χ4v) is 4.12. The van der Waals surface area contributed by atoms with Gasteiger partial charge in [0.25, 0.3) is 0 Å². The first kappa shape index (κ1) is 31.6. The lowest BCUT2D eigenvalue weighted by Crippen LogP contribution is -2.21. The van der Waals surface area contributed by atoms with Gasteiger partial charge in [0.1, 0.15) is 17.2 Å². The predicted octanol–water partition coefficient (Wildman–Crippen LogP) is 4.07. The third kappa shape index (κ3) is 7.56. The SMILES string of the molecule is COC(=O)C(=O)Oc1cc2ccccc2c2ccccc12.COC(=O)C(=O)Oc1ccc2cc(OC(=O)C(=O)OC)ccc2c1. The van der Waals surface area contributed by atoms with Crippen molar-refractivity contribution in [3.63, 3.8) is 0 Å². The molecule has 0 radical (unpaired) electrons. The van der Waals surface area contributed by atoms with Gasteiger partial charge in [0.15, 0.2) is 0 Å². The molecule has 0 aliphatic rings. The van der Waals surface area contributed by atoms with Crippen molar-refractivity contribution in [2.24, 2.45) is 0 Å². The van der Waals surface area contributed by atoms with Crippen LogP contribution in [0.1, 0.15) is 0 Å². The lowest BCUT2D eigenvalue weighted by Gasteiger charge is -2.10. The van der Waals surface area contributed by atoms with Crippen molar-refractivity contribution in [1.82, 2.24) is 0 Å². The van der Waals surface area contributed by atoms with E-state index in [0.29, 0.717) is 16.5 Å². The van der Waals surface area contributed by atoms with Gasteiger partial charge in [-0.3, -0.25) is 0 Å². The second kappa shape index (κ2) is 14.2. The summed E-state index contributed by atoms with van der Waals surface area (Å²) >= 11 is 0. The van der Waals surface area contributed by atoms with E-state index in [1.54, 1.807) is 18.2 Å². The first-order chi connectivity index (χ1) is 21.6. The Kier molecular flexibility index (Phi) is 10.0. The van der Waals surface area contributed by atoms with E-state index in [2.05, 4.69) is 14.2 Å². The van der Waals surface area contributed by atoms with Crippen LogP contribution in [0.4, 0.5) is 0 Å². The molecule has 0 aromatic heterocycles. The second-order valence-electron chi connectivity index (χ2n) is 8.96. The summed E-state index contributed by atoms with van der Waals surface area (Å²) < 4.78 is 27.8. The van der Waals surface area contributed by atoms with E-state index in [0.717, 1.165) is 42.9 Å². The molecule has 0 spiro atoms. The van der Waals surface area contributed by atoms with Crippen molar-refractivity contribution in [3.05, 3.63) is 91.0 Å². The molecular weight excluding hydrogens is 588 g/mol. The third-order valence-corrected chi connectivity index (χ3v) is 6.19. The molecular formula is C33H24O12. The van der Waals surface area contributed by atoms with Gasteiger partial charge in [-0.1, -0.05) is 60.7 Å². The summed E-state index contributed by atoms with van der Waals surface area (Å²) in [7, 11) is 3.28. The van der Waals surface area contributed by atoms with Crippen molar-refractivity contribution in [2.75, 3.05) is 21.3 Å². The molecule has 0 heterocycles. The van der Waals surface area contributed by atoms with Crippen LogP contribution in [-0.4, -0.2) is 57.1 Å². The fraction of sp³-hybridized carbons (Fsp3) is 0.0909. The summed E-state index contributed by atoms with van der Waals surface area (Å²) in [6, 6.07) is 26.2. The maximum atomic E-state index is 11.6. The summed E-state index contributed by atoms with van der Waals surface area (Å²) in [6.45, 7) is 0. The van der Waals surface area contributed by atoms with Crippen LogP contribution < -0.4 is 14.2 Å². The van der Waals surface area contributed by atoms with Crippen molar-refractivity contribution >= 4 is 68.1 Å². The lowest BCUT2D eigenvalue weighted by atomic mass is 10.0. The number of rotatable bonds is 3. The Morgan fingerprint density at radius 3 is 1.31 bits per heavy atom. The molecule has 5 rings (SSSR count). The third-order valence-electron chi connectivity index (χ3n) is 6.19. The Balaban J connectivity index is 0.000000206. The molecule has 0 aliphatic carbocycles. The molecule has 228 valence electrons. The van der Waals surface area contributed by atoms with Gasteiger partial charge in [-0.25, -0.2) is 28.8 Å². The van der Waals surface area contributed by atoms with Crippen LogP contribution >= 0.6 is 0 Å². The van der Waals surface area contributed by atoms with Gasteiger partial charge < -0.3 is 28.4 Å². The first-order valence-electron chi connectivity index (χ1n) is 13.0. The van der Waals surface area contributed by atoms with Crippen LogP contribution in [-0.2, 0) is 43.0 Å². The zero-order chi connectivity index (χ0) is 32.5. The number of hydrogen-bond acceptors (Lipinski definition) is 12. The van der Waals surface area contributed by atoms with E-state index in [-0.39, 0.29) is 11.5 Å². The fourth-order valence-electron chi connectivity index (χ4n) is 4.12. The van der Waals surface area contributed by atoms with Crippen LogP contribution in [0.15, 0.2) is 91.0 Å². The number of fused-ring (bicyclic) bond motifs is 4. The zero-order valence-electron chi connectivity index (χ0n) is 24.1. The van der Waals surface area contributed by atoms with E-state index >= 15 is 0 Å². The van der Waals surface area contributed by atoms with Crippen molar-refractivity contribution in [3.8, 4) is 17.2 Å². The quantitative estimate of drug-likeness (QED) is 0.0947. The van der Waals surface area contributed by atoms with Crippen molar-refractivity contribution in [2.45, 2.75) is 0 Å². The van der Waals surface area contributed by atoms with Crippen LogP contribution in [0, 0.1) is 0 Å². The molecule has 0 unspecified atom stereocenters. The maximum Gasteiger partial charge on any atom is 0.422 e. The molecule has 12 nitrogen and oxygen atoms in total. The van der Waals surface area contributed by atoms with Crippen molar-refractivity contribution in [1.29, 1.82) is 0 Å². The molecule has 0 aliphatic heterocycles. The Hall–Kier alpha value is -6.30. The number of hydrogen-bond donors (Lipinski definition) is 0. The minimum Gasteiger partial charge on any atom is -0.461 e. The lowest BCUT2D eigenvalue weighted by molar-refractivity contribution is -0.160. The van der Waals surface area contributed by atoms with Gasteiger partial charge in [0.05, 0.1) is 21.3 Å². The predicted molar refractivity (Wildman–Crippen MR) is 158 cm³/mol. The van der Waals surface area contributed by atoms with Gasteiger partial charge >= 0.3 is 35.8 Å². The van der Waals surface area contributed by atoms with Gasteiger partial charge in [-0.2, -0.15) is 0 Å². The van der Waals surface area contributed by atoms with Crippen LogP contribution in [0.3, 0.4) is 0 Å². The standard InChI is InChI=1S/C17H12O4.C16H12O8/c1-20-16(18)17(19)21-15-10-11-6-2-3-7-12(11)13-8-4-5-9-14(13)15;1-21-13(17)15(19)23-11-5-3-10-8-12(6-4-9(10)7-11)24-16(20)14(18)22-2/h2-10H,1H3;3-8H,1-2H3. The van der Waals surface area contributed by atoms with E-state index in [9.17, 15) is 28.8 Å². The molecule has 45 heavy (non-hydrogen) atoms. The zero-order valence-corrected chi connectivity index (χ0v) is 24.1. The Morgan fingerprint density at radius 2 is 0.822 bits per heavy atom. The maximum absolute atomic E-state index is 11.6. The normalized spacial score (nSPS) is 10.2. The number of ether oxygens (including phenoxy) is 6. The average Bonchev–Trinajstić information content (AvgIpc) is 3.07. The molecule has 12 heteroatoms. The summed E-state index contributed by atoms with van der Waals surface area (Å²) in [5.41, 5.74) is 0. The van der Waals surface area contributed by atoms with E-state index in [4.69, 9.17) is 14.2 Å². The summed E-state index contributed by atoms with van der Waals surface area (Å²) in [6.07, 6.45) is 0. The van der Waals surface area contributed by atoms with E-state index in [1.165, 1.54) is 24.3 Å². The highest BCUT2D eigenvalue weighted by atomic mass is 16.6. The topological polar surface area (TPSA) is 158 Å². The molecule has 0 N–H and O–H groups in total. The average molecular weight is 613 g/mol. The summed E-state index contributed by atoms with van der Waals surface area (Å²) in [4.78, 5) is 67.6. The highest BCUT2D eigenvalue weighted by Gasteiger charge is 2.20. The molecule has 5 aromatic rings. The van der Waals surface area contributed by atoms with Gasteiger partial charge in [0.2, 0.25) is 0 Å². The minimum absolute atomic E-state index is 0.150. The molecule has 0 fully saturated rings. The van der Waals surface area contributed by atoms with E-state index in [1.807, 2.05) is 48.5 Å². The van der Waals surface area contributed by atoms with Crippen molar-refractivity contribution < 1.29 is 57.2 Å². The number of benzene rings is 5. The largest absolute Gasteiger partial charge is 0.461 e. The highest BCUT2D eigenvalue weighted by molar-refractivity contribution is 6.31. The van der Waals surface area contributed by atoms with Gasteiger partial charge in [-0.05, 0) is 57.3 Å². The number of esters is 6. The first-order valence-corrected chi connectivity index (χ1v) is 13.0. The minimum atomic E-state index is -1.14. The molecule has 0 bridgehead atoms. The van der Waals surface area contributed by atoms with Crippen LogP contribution in [0.25, 0.3) is 32.3 Å². The highest BCUT2D eigenvalue weighted by Crippen LogP contribution is 2.33. The Morgan fingerprint density at radius 1 is 0.400 bits per heavy atom. The smallest absolute Gasteiger partial charge is 0.422 e. The number of carbonyl (C=O) groups excluding carboxylic acids is 6. The molecule has 0 atom stereocenters. The molecule has 0 saturated heterocycles. The molecule has 0 saturated carbocycles. The molecule has 5 aromatic carbocycles.